The lowest BCUT2D eigenvalue weighted by Gasteiger charge is -2.55. The van der Waals surface area contributed by atoms with Crippen molar-refractivity contribution in [2.75, 3.05) is 18.6 Å². The van der Waals surface area contributed by atoms with Crippen LogP contribution >= 0.6 is 0 Å². The quantitative estimate of drug-likeness (QED) is 0.640. The second-order valence-corrected chi connectivity index (χ2v) is 8.25. The van der Waals surface area contributed by atoms with E-state index in [1.165, 1.54) is 19.5 Å². The van der Waals surface area contributed by atoms with Gasteiger partial charge < -0.3 is 14.4 Å². The second kappa shape index (κ2) is 7.23. The Morgan fingerprint density at radius 1 is 1.12 bits per heavy atom. The number of hydrogen-bond acceptors (Lipinski definition) is 9. The molecule has 2 fully saturated rings. The molecule has 5 rings (SSSR count). The predicted octanol–water partition coefficient (Wildman–Crippen LogP) is 0.438. The number of pyridine rings is 1. The number of methoxy groups -OCH3 is 1. The first-order valence-corrected chi connectivity index (χ1v) is 10.3. The highest BCUT2D eigenvalue weighted by atomic mass is 16.5. The van der Waals surface area contributed by atoms with E-state index in [1.807, 2.05) is 18.7 Å². The van der Waals surface area contributed by atoms with Gasteiger partial charge in [-0.05, 0) is 25.5 Å². The van der Waals surface area contributed by atoms with E-state index in [4.69, 9.17) is 9.47 Å². The summed E-state index contributed by atoms with van der Waals surface area (Å²) in [6.45, 7) is 4.24. The van der Waals surface area contributed by atoms with E-state index in [2.05, 4.69) is 25.6 Å². The van der Waals surface area contributed by atoms with Crippen molar-refractivity contribution in [1.29, 1.82) is 0 Å². The second-order valence-electron chi connectivity index (χ2n) is 8.25. The van der Waals surface area contributed by atoms with Crippen LogP contribution in [-0.4, -0.2) is 64.7 Å². The van der Waals surface area contributed by atoms with Crippen LogP contribution in [0.4, 0.5) is 10.5 Å². The maximum Gasteiger partial charge on any atom is 0.328 e. The fourth-order valence-electron chi connectivity index (χ4n) is 5.11. The first-order chi connectivity index (χ1) is 15.3. The highest BCUT2D eigenvalue weighted by molar-refractivity contribution is 6.20. The fraction of sp³-hybridized carbons (Fsp3) is 0.429. The molecule has 2 aromatic heterocycles. The van der Waals surface area contributed by atoms with Crippen LogP contribution in [0.1, 0.15) is 19.4 Å². The lowest BCUT2D eigenvalue weighted by Crippen LogP contribution is -2.75. The van der Waals surface area contributed by atoms with E-state index in [0.717, 1.165) is 11.3 Å². The van der Waals surface area contributed by atoms with E-state index in [9.17, 15) is 14.4 Å². The molecule has 2 saturated heterocycles. The summed E-state index contributed by atoms with van der Waals surface area (Å²) in [5.41, 5.74) is 0.965. The average Bonchev–Trinajstić information content (AvgIpc) is 2.76. The number of fused-ring (bicyclic) bond motifs is 4. The van der Waals surface area contributed by atoms with Crippen molar-refractivity contribution in [2.45, 2.75) is 38.5 Å². The number of nitrogens with one attached hydrogen (secondary N) is 2. The standard InChI is InChI=1S/C21H22N6O5/c1-10-9-27-14-8-24-13(15-17(31-3)23-5-4-22-15)6-12(14)7-21(16(27)11(2)32-10)18(28)25-20(30)26-19(21)29/h4-6,8,10-11,16H,7,9H2,1-3H3,(H2,25,26,28,29,30)/t10-,11+,16-/m1/s1. The van der Waals surface area contributed by atoms with Gasteiger partial charge in [0.25, 0.3) is 0 Å². The minimum Gasteiger partial charge on any atom is -0.479 e. The van der Waals surface area contributed by atoms with Crippen LogP contribution in [0, 0.1) is 5.41 Å². The Bertz CT molecular complexity index is 1120. The Morgan fingerprint density at radius 3 is 2.56 bits per heavy atom. The van der Waals surface area contributed by atoms with E-state index < -0.39 is 35.4 Å². The van der Waals surface area contributed by atoms with Gasteiger partial charge in [0.05, 0.1) is 42.9 Å². The predicted molar refractivity (Wildman–Crippen MR) is 111 cm³/mol. The third-order valence-corrected chi connectivity index (χ3v) is 6.30. The number of hydrogen-bond donors (Lipinski definition) is 2. The smallest absolute Gasteiger partial charge is 0.328 e. The molecule has 32 heavy (non-hydrogen) atoms. The average molecular weight is 438 g/mol. The summed E-state index contributed by atoms with van der Waals surface area (Å²) in [7, 11) is 1.50. The number of carbonyl (C=O) groups is 3. The highest BCUT2D eigenvalue weighted by Crippen LogP contribution is 2.47. The number of amides is 4. The summed E-state index contributed by atoms with van der Waals surface area (Å²) in [5, 5.41) is 4.56. The maximum absolute atomic E-state index is 13.2. The summed E-state index contributed by atoms with van der Waals surface area (Å²) < 4.78 is 11.3. The molecule has 3 aliphatic rings. The van der Waals surface area contributed by atoms with Gasteiger partial charge in [-0.25, -0.2) is 14.8 Å². The number of urea groups is 1. The number of morpholine rings is 1. The zero-order valence-electron chi connectivity index (χ0n) is 17.8. The Balaban J connectivity index is 1.68. The van der Waals surface area contributed by atoms with Gasteiger partial charge in [-0.1, -0.05) is 0 Å². The Morgan fingerprint density at radius 2 is 1.84 bits per heavy atom. The van der Waals surface area contributed by atoms with Gasteiger partial charge in [0.2, 0.25) is 17.7 Å². The van der Waals surface area contributed by atoms with Gasteiger partial charge in [-0.15, -0.1) is 0 Å². The van der Waals surface area contributed by atoms with E-state index in [0.29, 0.717) is 23.8 Å². The molecule has 0 aromatic carbocycles. The highest BCUT2D eigenvalue weighted by Gasteiger charge is 2.62. The molecular formula is C21H22N6O5. The molecule has 5 heterocycles. The van der Waals surface area contributed by atoms with Crippen LogP contribution in [0.5, 0.6) is 5.88 Å². The first-order valence-electron chi connectivity index (χ1n) is 10.3. The number of anilines is 1. The van der Waals surface area contributed by atoms with Crippen LogP contribution in [-0.2, 0) is 20.7 Å². The largest absolute Gasteiger partial charge is 0.479 e. The topological polar surface area (TPSA) is 136 Å². The monoisotopic (exact) mass is 438 g/mol. The van der Waals surface area contributed by atoms with Gasteiger partial charge in [0, 0.05) is 25.4 Å². The number of imide groups is 2. The lowest BCUT2D eigenvalue weighted by molar-refractivity contribution is -0.153. The van der Waals surface area contributed by atoms with Crippen LogP contribution in [0.15, 0.2) is 24.7 Å². The van der Waals surface area contributed by atoms with Gasteiger partial charge in [0.1, 0.15) is 0 Å². The zero-order valence-corrected chi connectivity index (χ0v) is 17.8. The molecule has 3 aliphatic heterocycles. The van der Waals surface area contributed by atoms with Crippen molar-refractivity contribution in [3.05, 3.63) is 30.2 Å². The number of rotatable bonds is 2. The number of ether oxygens (including phenoxy) is 2. The molecule has 2 N–H and O–H groups in total. The minimum absolute atomic E-state index is 0.0780. The van der Waals surface area contributed by atoms with Crippen molar-refractivity contribution in [3.63, 3.8) is 0 Å². The van der Waals surface area contributed by atoms with Crippen molar-refractivity contribution in [2.24, 2.45) is 5.41 Å². The Labute approximate surface area is 183 Å². The zero-order chi connectivity index (χ0) is 22.6. The molecule has 0 aliphatic carbocycles. The van der Waals surface area contributed by atoms with Gasteiger partial charge in [-0.3, -0.25) is 25.2 Å². The van der Waals surface area contributed by atoms with Crippen molar-refractivity contribution >= 4 is 23.5 Å². The molecule has 2 aromatic rings. The molecule has 4 amide bonds. The molecule has 0 unspecified atom stereocenters. The molecule has 166 valence electrons. The number of nitrogens with zero attached hydrogens (tertiary/aromatic N) is 4. The summed E-state index contributed by atoms with van der Waals surface area (Å²) >= 11 is 0. The minimum atomic E-state index is -1.54. The lowest BCUT2D eigenvalue weighted by atomic mass is 9.67. The molecule has 3 atom stereocenters. The first kappa shape index (κ1) is 20.3. The molecular weight excluding hydrogens is 416 g/mol. The van der Waals surface area contributed by atoms with Gasteiger partial charge in [-0.2, -0.15) is 0 Å². The fourth-order valence-corrected chi connectivity index (χ4v) is 5.11. The van der Waals surface area contributed by atoms with Crippen molar-refractivity contribution < 1.29 is 23.9 Å². The van der Waals surface area contributed by atoms with Crippen molar-refractivity contribution in [3.8, 4) is 17.3 Å². The van der Waals surface area contributed by atoms with Crippen LogP contribution in [0.25, 0.3) is 11.4 Å². The van der Waals surface area contributed by atoms with E-state index >= 15 is 0 Å². The third kappa shape index (κ3) is 2.84. The summed E-state index contributed by atoms with van der Waals surface area (Å²) in [4.78, 5) is 53.3. The van der Waals surface area contributed by atoms with Crippen molar-refractivity contribution in [1.82, 2.24) is 25.6 Å². The molecule has 0 saturated carbocycles. The molecule has 11 nitrogen and oxygen atoms in total. The third-order valence-electron chi connectivity index (χ3n) is 6.30. The molecule has 1 spiro atoms. The van der Waals surface area contributed by atoms with Crippen LogP contribution < -0.4 is 20.3 Å². The van der Waals surface area contributed by atoms with E-state index in [1.54, 1.807) is 12.3 Å². The van der Waals surface area contributed by atoms with Gasteiger partial charge >= 0.3 is 6.03 Å². The van der Waals surface area contributed by atoms with Crippen LogP contribution in [0.2, 0.25) is 0 Å². The maximum atomic E-state index is 13.2. The summed E-state index contributed by atoms with van der Waals surface area (Å²) in [5.74, 6) is -0.949. The Hall–Kier alpha value is -3.60. The number of aromatic nitrogens is 3. The number of barbiturate groups is 1. The normalized spacial score (nSPS) is 26.2. The summed E-state index contributed by atoms with van der Waals surface area (Å²) in [6.07, 6.45) is 4.29. The van der Waals surface area contributed by atoms with Gasteiger partial charge in [0.15, 0.2) is 11.1 Å². The SMILES string of the molecule is COc1nccnc1-c1cc2c(cn1)N1C[C@@H](C)O[C@@H](C)[C@@H]1C1(C2)C(=O)NC(=O)NC1=O. The molecule has 0 radical (unpaired) electrons. The molecule has 0 bridgehead atoms. The molecule has 11 heteroatoms. The summed E-state index contributed by atoms with van der Waals surface area (Å²) in [6, 6.07) is 0.375. The Kier molecular flexibility index (Phi) is 4.59. The number of carbonyl (C=O) groups excluding carboxylic acids is 3. The van der Waals surface area contributed by atoms with Crippen LogP contribution in [0.3, 0.4) is 0 Å². The van der Waals surface area contributed by atoms with E-state index in [-0.39, 0.29) is 12.5 Å².